The number of rotatable bonds is 3. The van der Waals surface area contributed by atoms with E-state index in [4.69, 9.17) is 11.5 Å². The van der Waals surface area contributed by atoms with Crippen molar-refractivity contribution in [3.63, 3.8) is 0 Å². The molecule has 25 heavy (non-hydrogen) atoms. The summed E-state index contributed by atoms with van der Waals surface area (Å²) in [6, 6.07) is 29.1. The number of benzene rings is 4. The second kappa shape index (κ2) is 6.33. The molecule has 0 bridgehead atoms. The van der Waals surface area contributed by atoms with Crippen LogP contribution in [0.1, 0.15) is 11.1 Å². The molecule has 0 atom stereocenters. The topological polar surface area (TPSA) is 52.0 Å². The Bertz CT molecular complexity index is 1030. The molecule has 0 saturated heterocycles. The number of hydrogen-bond acceptors (Lipinski definition) is 2. The minimum absolute atomic E-state index is 0.781. The van der Waals surface area contributed by atoms with Crippen LogP contribution in [0.25, 0.3) is 21.9 Å². The van der Waals surface area contributed by atoms with E-state index >= 15 is 0 Å². The first kappa shape index (κ1) is 15.3. The molecule has 2 nitrogen and oxygen atoms in total. The van der Waals surface area contributed by atoms with Gasteiger partial charge in [-0.05, 0) is 63.7 Å². The Balaban J connectivity index is 1.86. The molecule has 0 aliphatic rings. The minimum atomic E-state index is 0.781. The van der Waals surface area contributed by atoms with Crippen molar-refractivity contribution < 1.29 is 0 Å². The van der Waals surface area contributed by atoms with E-state index in [1.54, 1.807) is 0 Å². The SMILES string of the molecule is Nc1ccc(Cc2ccc(N)cc2-c2cccc3ccccc23)cc1. The molecule has 0 aromatic heterocycles. The molecule has 0 radical (unpaired) electrons. The van der Waals surface area contributed by atoms with Gasteiger partial charge in [0.15, 0.2) is 0 Å². The number of anilines is 2. The molecule has 0 aliphatic carbocycles. The molecule has 4 N–H and O–H groups in total. The summed E-state index contributed by atoms with van der Waals surface area (Å²) >= 11 is 0. The molecule has 0 spiro atoms. The second-order valence-corrected chi connectivity index (χ2v) is 6.36. The number of nitrogen functional groups attached to an aromatic ring is 2. The summed E-state index contributed by atoms with van der Waals surface area (Å²) in [4.78, 5) is 0. The number of hydrogen-bond donors (Lipinski definition) is 2. The highest BCUT2D eigenvalue weighted by atomic mass is 14.5. The summed E-state index contributed by atoms with van der Waals surface area (Å²) < 4.78 is 0. The fourth-order valence-corrected chi connectivity index (χ4v) is 3.31. The minimum Gasteiger partial charge on any atom is -0.399 e. The van der Waals surface area contributed by atoms with Gasteiger partial charge in [-0.1, -0.05) is 60.7 Å². The molecule has 2 heteroatoms. The lowest BCUT2D eigenvalue weighted by Gasteiger charge is -2.14. The normalized spacial score (nSPS) is 10.9. The summed E-state index contributed by atoms with van der Waals surface area (Å²) in [6.07, 6.45) is 0.846. The summed E-state index contributed by atoms with van der Waals surface area (Å²) in [6.45, 7) is 0. The van der Waals surface area contributed by atoms with Crippen LogP contribution in [0.3, 0.4) is 0 Å². The van der Waals surface area contributed by atoms with Crippen LogP contribution in [0.2, 0.25) is 0 Å². The monoisotopic (exact) mass is 324 g/mol. The molecule has 4 aromatic rings. The van der Waals surface area contributed by atoms with E-state index in [-0.39, 0.29) is 0 Å². The Morgan fingerprint density at radius 1 is 0.600 bits per heavy atom. The van der Waals surface area contributed by atoms with Gasteiger partial charge in [0.1, 0.15) is 0 Å². The van der Waals surface area contributed by atoms with Crippen LogP contribution in [-0.4, -0.2) is 0 Å². The third-order valence-corrected chi connectivity index (χ3v) is 4.59. The Morgan fingerprint density at radius 3 is 2.16 bits per heavy atom. The predicted octanol–water partition coefficient (Wildman–Crippen LogP) is 5.26. The largest absolute Gasteiger partial charge is 0.399 e. The highest BCUT2D eigenvalue weighted by Crippen LogP contribution is 2.33. The van der Waals surface area contributed by atoms with E-state index in [9.17, 15) is 0 Å². The fourth-order valence-electron chi connectivity index (χ4n) is 3.31. The molecular weight excluding hydrogens is 304 g/mol. The third kappa shape index (κ3) is 3.07. The fraction of sp³-hybridized carbons (Fsp3) is 0.0435. The Morgan fingerprint density at radius 2 is 1.32 bits per heavy atom. The molecule has 4 aromatic carbocycles. The lowest BCUT2D eigenvalue weighted by atomic mass is 9.91. The zero-order chi connectivity index (χ0) is 17.2. The van der Waals surface area contributed by atoms with Crippen LogP contribution < -0.4 is 11.5 Å². The van der Waals surface area contributed by atoms with Gasteiger partial charge >= 0.3 is 0 Å². The van der Waals surface area contributed by atoms with Gasteiger partial charge in [-0.25, -0.2) is 0 Å². The Labute approximate surface area is 147 Å². The molecule has 0 amide bonds. The van der Waals surface area contributed by atoms with Crippen LogP contribution in [-0.2, 0) is 6.42 Å². The third-order valence-electron chi connectivity index (χ3n) is 4.59. The average molecular weight is 324 g/mol. The Hall–Kier alpha value is -3.26. The Kier molecular flexibility index (Phi) is 3.87. The zero-order valence-corrected chi connectivity index (χ0v) is 13.9. The first-order valence-electron chi connectivity index (χ1n) is 8.42. The molecule has 0 unspecified atom stereocenters. The van der Waals surface area contributed by atoms with Gasteiger partial charge in [-0.3, -0.25) is 0 Å². The van der Waals surface area contributed by atoms with E-state index in [0.29, 0.717) is 0 Å². The van der Waals surface area contributed by atoms with E-state index in [1.165, 1.54) is 33.0 Å². The summed E-state index contributed by atoms with van der Waals surface area (Å²) in [5.41, 5.74) is 18.4. The van der Waals surface area contributed by atoms with Crippen molar-refractivity contribution in [3.05, 3.63) is 96.1 Å². The highest BCUT2D eigenvalue weighted by Gasteiger charge is 2.10. The van der Waals surface area contributed by atoms with Crippen molar-refractivity contribution in [1.82, 2.24) is 0 Å². The highest BCUT2D eigenvalue weighted by molar-refractivity contribution is 5.97. The quantitative estimate of drug-likeness (QED) is 0.505. The van der Waals surface area contributed by atoms with Crippen LogP contribution in [0.4, 0.5) is 11.4 Å². The zero-order valence-electron chi connectivity index (χ0n) is 13.9. The van der Waals surface area contributed by atoms with Crippen LogP contribution in [0.5, 0.6) is 0 Å². The molecule has 0 aliphatic heterocycles. The van der Waals surface area contributed by atoms with Crippen molar-refractivity contribution in [2.24, 2.45) is 0 Å². The summed E-state index contributed by atoms with van der Waals surface area (Å²) in [5.74, 6) is 0. The van der Waals surface area contributed by atoms with Crippen molar-refractivity contribution in [2.45, 2.75) is 6.42 Å². The van der Waals surface area contributed by atoms with Crippen LogP contribution >= 0.6 is 0 Å². The van der Waals surface area contributed by atoms with E-state index < -0.39 is 0 Å². The van der Waals surface area contributed by atoms with E-state index in [1.807, 2.05) is 18.2 Å². The van der Waals surface area contributed by atoms with Crippen molar-refractivity contribution in [3.8, 4) is 11.1 Å². The lowest BCUT2D eigenvalue weighted by Crippen LogP contribution is -1.96. The van der Waals surface area contributed by atoms with Crippen molar-refractivity contribution in [1.29, 1.82) is 0 Å². The number of fused-ring (bicyclic) bond motifs is 1. The van der Waals surface area contributed by atoms with Gasteiger partial charge in [-0.2, -0.15) is 0 Å². The molecule has 0 heterocycles. The second-order valence-electron chi connectivity index (χ2n) is 6.36. The smallest absolute Gasteiger partial charge is 0.0320 e. The number of nitrogens with two attached hydrogens (primary N) is 2. The predicted molar refractivity (Wildman–Crippen MR) is 107 cm³/mol. The van der Waals surface area contributed by atoms with Crippen LogP contribution in [0.15, 0.2) is 84.9 Å². The van der Waals surface area contributed by atoms with E-state index in [2.05, 4.69) is 66.7 Å². The first-order valence-corrected chi connectivity index (χ1v) is 8.42. The average Bonchev–Trinajstić information content (AvgIpc) is 2.64. The maximum absolute atomic E-state index is 6.11. The molecule has 4 rings (SSSR count). The van der Waals surface area contributed by atoms with Gasteiger partial charge in [0.2, 0.25) is 0 Å². The lowest BCUT2D eigenvalue weighted by molar-refractivity contribution is 1.20. The molecule has 0 saturated carbocycles. The van der Waals surface area contributed by atoms with Gasteiger partial charge in [0.05, 0.1) is 0 Å². The van der Waals surface area contributed by atoms with Gasteiger partial charge < -0.3 is 11.5 Å². The van der Waals surface area contributed by atoms with Gasteiger partial charge in [0.25, 0.3) is 0 Å². The van der Waals surface area contributed by atoms with Crippen molar-refractivity contribution >= 4 is 22.1 Å². The maximum atomic E-state index is 6.11. The van der Waals surface area contributed by atoms with Gasteiger partial charge in [-0.15, -0.1) is 0 Å². The standard InChI is InChI=1S/C23H20N2/c24-19-11-8-16(9-12-19)14-18-10-13-20(25)15-23(18)22-7-3-5-17-4-1-2-6-21(17)22/h1-13,15H,14,24-25H2. The molecular formula is C23H20N2. The van der Waals surface area contributed by atoms with Crippen molar-refractivity contribution in [2.75, 3.05) is 11.5 Å². The van der Waals surface area contributed by atoms with Gasteiger partial charge in [0, 0.05) is 11.4 Å². The molecule has 0 fully saturated rings. The maximum Gasteiger partial charge on any atom is 0.0320 e. The molecule has 122 valence electrons. The summed E-state index contributed by atoms with van der Waals surface area (Å²) in [5, 5.41) is 2.48. The first-order chi connectivity index (χ1) is 12.2. The van der Waals surface area contributed by atoms with Crippen LogP contribution in [0, 0.1) is 0 Å². The summed E-state index contributed by atoms with van der Waals surface area (Å²) in [7, 11) is 0. The van der Waals surface area contributed by atoms with E-state index in [0.717, 1.165) is 17.8 Å².